The number of carbonyl (C=O) groups excluding carboxylic acids is 1. The smallest absolute Gasteiger partial charge is 0.257 e. The lowest BCUT2D eigenvalue weighted by Crippen LogP contribution is -2.52. The van der Waals surface area contributed by atoms with Crippen molar-refractivity contribution >= 4 is 15.7 Å². The second-order valence-electron chi connectivity index (χ2n) is 8.07. The molecule has 0 spiro atoms. The highest BCUT2D eigenvalue weighted by Crippen LogP contribution is 2.22. The van der Waals surface area contributed by atoms with E-state index in [1.54, 1.807) is 0 Å². The summed E-state index contributed by atoms with van der Waals surface area (Å²) >= 11 is 0. The maximum absolute atomic E-state index is 13.2. The second-order valence-corrected chi connectivity index (χ2v) is 10.3. The van der Waals surface area contributed by atoms with E-state index in [1.807, 2.05) is 41.6 Å². The number of piperazine rings is 1. The van der Waals surface area contributed by atoms with Crippen molar-refractivity contribution in [2.75, 3.05) is 37.7 Å². The lowest BCUT2D eigenvalue weighted by molar-refractivity contribution is 0.0586. The van der Waals surface area contributed by atoms with Crippen LogP contribution >= 0.6 is 0 Å². The van der Waals surface area contributed by atoms with Crippen LogP contribution in [-0.2, 0) is 16.4 Å². The standard InChI is InChI=1S/C21H28N4O3S/c1-16-20(17(2)25(22-16)14-18-6-4-3-5-7-18)21(26)24-11-9-23(10-12-24)19-8-13-29(27,28)15-19/h3-7,19H,8-15H2,1-2H3/t19-/m1/s1. The van der Waals surface area contributed by atoms with E-state index >= 15 is 0 Å². The number of rotatable bonds is 4. The maximum Gasteiger partial charge on any atom is 0.257 e. The Hall–Kier alpha value is -2.19. The van der Waals surface area contributed by atoms with Crippen molar-refractivity contribution < 1.29 is 13.2 Å². The Labute approximate surface area is 172 Å². The zero-order chi connectivity index (χ0) is 20.6. The van der Waals surface area contributed by atoms with Gasteiger partial charge in [0.25, 0.3) is 5.91 Å². The van der Waals surface area contributed by atoms with Gasteiger partial charge >= 0.3 is 0 Å². The molecule has 1 amide bonds. The molecule has 2 saturated heterocycles. The third-order valence-electron chi connectivity index (χ3n) is 6.10. The Morgan fingerprint density at radius 2 is 1.79 bits per heavy atom. The Balaban J connectivity index is 1.43. The summed E-state index contributed by atoms with van der Waals surface area (Å²) in [6.45, 7) is 7.18. The van der Waals surface area contributed by atoms with E-state index in [2.05, 4.69) is 22.1 Å². The number of amides is 1. The van der Waals surface area contributed by atoms with Crippen molar-refractivity contribution in [2.45, 2.75) is 32.9 Å². The first-order chi connectivity index (χ1) is 13.8. The Kier molecular flexibility index (Phi) is 5.48. The van der Waals surface area contributed by atoms with Gasteiger partial charge in [0.05, 0.1) is 29.3 Å². The third-order valence-corrected chi connectivity index (χ3v) is 7.85. The maximum atomic E-state index is 13.2. The molecule has 1 aromatic heterocycles. The topological polar surface area (TPSA) is 75.5 Å². The molecule has 1 aromatic carbocycles. The van der Waals surface area contributed by atoms with E-state index in [9.17, 15) is 13.2 Å². The Morgan fingerprint density at radius 3 is 2.41 bits per heavy atom. The number of hydrogen-bond donors (Lipinski definition) is 0. The van der Waals surface area contributed by atoms with E-state index < -0.39 is 9.84 Å². The van der Waals surface area contributed by atoms with Crippen molar-refractivity contribution in [1.82, 2.24) is 19.6 Å². The monoisotopic (exact) mass is 416 g/mol. The number of hydrogen-bond acceptors (Lipinski definition) is 5. The largest absolute Gasteiger partial charge is 0.336 e. The number of carbonyl (C=O) groups is 1. The molecule has 2 aromatic rings. The molecule has 2 aliphatic rings. The Morgan fingerprint density at radius 1 is 1.10 bits per heavy atom. The highest BCUT2D eigenvalue weighted by atomic mass is 32.2. The number of sulfone groups is 1. The average molecular weight is 417 g/mol. The van der Waals surface area contributed by atoms with Crippen molar-refractivity contribution in [1.29, 1.82) is 0 Å². The van der Waals surface area contributed by atoms with Crippen molar-refractivity contribution in [3.8, 4) is 0 Å². The molecule has 0 N–H and O–H groups in total. The van der Waals surface area contributed by atoms with Gasteiger partial charge in [0.1, 0.15) is 0 Å². The molecule has 3 heterocycles. The molecule has 0 radical (unpaired) electrons. The van der Waals surface area contributed by atoms with Crippen molar-refractivity contribution in [2.24, 2.45) is 0 Å². The van der Waals surface area contributed by atoms with Crippen LogP contribution in [0.5, 0.6) is 0 Å². The fourth-order valence-electron chi connectivity index (χ4n) is 4.43. The zero-order valence-electron chi connectivity index (χ0n) is 17.0. The van der Waals surface area contributed by atoms with Crippen LogP contribution in [0.25, 0.3) is 0 Å². The predicted molar refractivity (Wildman–Crippen MR) is 112 cm³/mol. The SMILES string of the molecule is Cc1nn(Cc2ccccc2)c(C)c1C(=O)N1CCN([C@@H]2CCS(=O)(=O)C2)CC1. The molecule has 0 saturated carbocycles. The minimum atomic E-state index is -2.89. The molecule has 29 heavy (non-hydrogen) atoms. The van der Waals surface area contributed by atoms with Crippen LogP contribution in [-0.4, -0.2) is 77.6 Å². The molecule has 4 rings (SSSR count). The van der Waals surface area contributed by atoms with Gasteiger partial charge < -0.3 is 4.90 Å². The van der Waals surface area contributed by atoms with E-state index in [-0.39, 0.29) is 23.5 Å². The normalized spacial score (nSPS) is 22.1. The molecule has 8 heteroatoms. The predicted octanol–water partition coefficient (Wildman–Crippen LogP) is 1.49. The number of nitrogens with zero attached hydrogens (tertiary/aromatic N) is 4. The summed E-state index contributed by atoms with van der Waals surface area (Å²) in [6.07, 6.45) is 0.709. The van der Waals surface area contributed by atoms with Gasteiger partial charge in [-0.2, -0.15) is 5.10 Å². The van der Waals surface area contributed by atoms with Gasteiger partial charge in [-0.1, -0.05) is 30.3 Å². The molecule has 0 bridgehead atoms. The molecule has 7 nitrogen and oxygen atoms in total. The van der Waals surface area contributed by atoms with Crippen LogP contribution in [0.4, 0.5) is 0 Å². The summed E-state index contributed by atoms with van der Waals surface area (Å²) < 4.78 is 25.4. The summed E-state index contributed by atoms with van der Waals surface area (Å²) in [5.41, 5.74) is 3.49. The lowest BCUT2D eigenvalue weighted by Gasteiger charge is -2.37. The summed E-state index contributed by atoms with van der Waals surface area (Å²) in [5.74, 6) is 0.569. The molecular formula is C21H28N4O3S. The Bertz CT molecular complexity index is 992. The van der Waals surface area contributed by atoms with Crippen LogP contribution in [0, 0.1) is 13.8 Å². The van der Waals surface area contributed by atoms with E-state index in [0.717, 1.165) is 30.0 Å². The first kappa shape index (κ1) is 20.1. The molecular weight excluding hydrogens is 388 g/mol. The lowest BCUT2D eigenvalue weighted by atomic mass is 10.1. The van der Waals surface area contributed by atoms with Crippen LogP contribution in [0.3, 0.4) is 0 Å². The summed E-state index contributed by atoms with van der Waals surface area (Å²) in [4.78, 5) is 17.3. The van der Waals surface area contributed by atoms with Crippen molar-refractivity contribution in [3.63, 3.8) is 0 Å². The van der Waals surface area contributed by atoms with Gasteiger partial charge in [0, 0.05) is 37.9 Å². The summed E-state index contributed by atoms with van der Waals surface area (Å²) in [5, 5.41) is 4.61. The first-order valence-corrected chi connectivity index (χ1v) is 12.0. The van der Waals surface area contributed by atoms with Gasteiger partial charge in [-0.3, -0.25) is 14.4 Å². The number of aryl methyl sites for hydroxylation is 1. The molecule has 1 atom stereocenters. The highest BCUT2D eigenvalue weighted by molar-refractivity contribution is 7.91. The third kappa shape index (κ3) is 4.23. The van der Waals surface area contributed by atoms with E-state index in [4.69, 9.17) is 0 Å². The highest BCUT2D eigenvalue weighted by Gasteiger charge is 2.35. The fraction of sp³-hybridized carbons (Fsp3) is 0.524. The summed E-state index contributed by atoms with van der Waals surface area (Å²) in [7, 11) is -2.89. The molecule has 2 aliphatic heterocycles. The van der Waals surface area contributed by atoms with E-state index in [0.29, 0.717) is 31.6 Å². The summed E-state index contributed by atoms with van der Waals surface area (Å²) in [6, 6.07) is 10.2. The number of benzene rings is 1. The van der Waals surface area contributed by atoms with Crippen molar-refractivity contribution in [3.05, 3.63) is 52.8 Å². The van der Waals surface area contributed by atoms with Crippen LogP contribution in [0.15, 0.2) is 30.3 Å². The van der Waals surface area contributed by atoms with Gasteiger partial charge in [-0.05, 0) is 25.8 Å². The van der Waals surface area contributed by atoms with Gasteiger partial charge in [0.2, 0.25) is 0 Å². The molecule has 0 unspecified atom stereocenters. The zero-order valence-corrected chi connectivity index (χ0v) is 17.9. The van der Waals surface area contributed by atoms with Gasteiger partial charge in [-0.15, -0.1) is 0 Å². The van der Waals surface area contributed by atoms with Crippen LogP contribution in [0.2, 0.25) is 0 Å². The van der Waals surface area contributed by atoms with Crippen LogP contribution in [0.1, 0.15) is 33.7 Å². The molecule has 2 fully saturated rings. The first-order valence-electron chi connectivity index (χ1n) is 10.2. The van der Waals surface area contributed by atoms with Gasteiger partial charge in [0.15, 0.2) is 9.84 Å². The second kappa shape index (κ2) is 7.91. The molecule has 156 valence electrons. The number of aromatic nitrogens is 2. The van der Waals surface area contributed by atoms with Crippen LogP contribution < -0.4 is 0 Å². The van der Waals surface area contributed by atoms with E-state index in [1.165, 1.54) is 0 Å². The minimum Gasteiger partial charge on any atom is -0.336 e. The van der Waals surface area contributed by atoms with Gasteiger partial charge in [-0.25, -0.2) is 8.42 Å². The minimum absolute atomic E-state index is 0.0259. The fourth-order valence-corrected chi connectivity index (χ4v) is 6.19. The molecule has 0 aliphatic carbocycles. The average Bonchev–Trinajstić information content (AvgIpc) is 3.21. The quantitative estimate of drug-likeness (QED) is 0.755.